The van der Waals surface area contributed by atoms with Gasteiger partial charge in [-0.3, -0.25) is 0 Å². The summed E-state index contributed by atoms with van der Waals surface area (Å²) in [7, 11) is 0. The minimum atomic E-state index is 0.705. The van der Waals surface area contributed by atoms with Gasteiger partial charge in [0.1, 0.15) is 5.82 Å². The SMILES string of the molecule is Nc1ccc(N2CCc3ccccc32)nc1. The Morgan fingerprint density at radius 1 is 1.12 bits per heavy atom. The minimum Gasteiger partial charge on any atom is -0.397 e. The second-order valence-electron chi connectivity index (χ2n) is 3.98. The lowest BCUT2D eigenvalue weighted by Gasteiger charge is -2.18. The highest BCUT2D eigenvalue weighted by molar-refractivity contribution is 5.67. The molecule has 80 valence electrons. The van der Waals surface area contributed by atoms with Crippen molar-refractivity contribution in [1.82, 2.24) is 4.98 Å². The van der Waals surface area contributed by atoms with Crippen LogP contribution in [0.25, 0.3) is 0 Å². The van der Waals surface area contributed by atoms with E-state index in [1.807, 2.05) is 12.1 Å². The Morgan fingerprint density at radius 2 is 2.00 bits per heavy atom. The lowest BCUT2D eigenvalue weighted by Crippen LogP contribution is -2.14. The molecule has 0 saturated carbocycles. The van der Waals surface area contributed by atoms with Gasteiger partial charge in [0.2, 0.25) is 0 Å². The Hall–Kier alpha value is -2.03. The highest BCUT2D eigenvalue weighted by Gasteiger charge is 2.20. The number of nitrogen functional groups attached to an aromatic ring is 1. The van der Waals surface area contributed by atoms with Crippen molar-refractivity contribution in [2.75, 3.05) is 17.2 Å². The van der Waals surface area contributed by atoms with Crippen LogP contribution in [0.15, 0.2) is 42.6 Å². The maximum atomic E-state index is 5.64. The monoisotopic (exact) mass is 211 g/mol. The van der Waals surface area contributed by atoms with Crippen LogP contribution in [0.2, 0.25) is 0 Å². The molecule has 0 radical (unpaired) electrons. The zero-order chi connectivity index (χ0) is 11.0. The maximum absolute atomic E-state index is 5.64. The average Bonchev–Trinajstić information content (AvgIpc) is 2.74. The summed E-state index contributed by atoms with van der Waals surface area (Å²) < 4.78 is 0. The van der Waals surface area contributed by atoms with Crippen LogP contribution >= 0.6 is 0 Å². The largest absolute Gasteiger partial charge is 0.397 e. The van der Waals surface area contributed by atoms with Crippen LogP contribution in [0.5, 0.6) is 0 Å². The Kier molecular flexibility index (Phi) is 2.03. The summed E-state index contributed by atoms with van der Waals surface area (Å²) in [5.74, 6) is 0.971. The molecule has 0 atom stereocenters. The number of pyridine rings is 1. The molecule has 0 fully saturated rings. The van der Waals surface area contributed by atoms with E-state index in [1.54, 1.807) is 6.20 Å². The first-order valence-electron chi connectivity index (χ1n) is 5.41. The molecule has 0 saturated heterocycles. The zero-order valence-electron chi connectivity index (χ0n) is 8.93. The number of rotatable bonds is 1. The van der Waals surface area contributed by atoms with E-state index in [0.717, 1.165) is 18.8 Å². The molecular formula is C13H13N3. The van der Waals surface area contributed by atoms with Gasteiger partial charge < -0.3 is 10.6 Å². The van der Waals surface area contributed by atoms with Gasteiger partial charge in [0.15, 0.2) is 0 Å². The highest BCUT2D eigenvalue weighted by atomic mass is 15.2. The van der Waals surface area contributed by atoms with Crippen molar-refractivity contribution in [2.24, 2.45) is 0 Å². The van der Waals surface area contributed by atoms with E-state index in [0.29, 0.717) is 5.69 Å². The first-order valence-corrected chi connectivity index (χ1v) is 5.41. The minimum absolute atomic E-state index is 0.705. The molecule has 2 aromatic rings. The Labute approximate surface area is 94.5 Å². The van der Waals surface area contributed by atoms with Crippen LogP contribution in [0.3, 0.4) is 0 Å². The van der Waals surface area contributed by atoms with Crippen molar-refractivity contribution in [3.05, 3.63) is 48.2 Å². The lowest BCUT2D eigenvalue weighted by molar-refractivity contribution is 0.975. The molecular weight excluding hydrogens is 198 g/mol. The normalized spacial score (nSPS) is 13.9. The van der Waals surface area contributed by atoms with Gasteiger partial charge in [-0.2, -0.15) is 0 Å². The first-order chi connectivity index (χ1) is 7.84. The smallest absolute Gasteiger partial charge is 0.133 e. The Bertz CT molecular complexity index is 505. The fourth-order valence-electron chi connectivity index (χ4n) is 2.13. The van der Waals surface area contributed by atoms with Crippen LogP contribution < -0.4 is 10.6 Å². The third-order valence-corrected chi connectivity index (χ3v) is 2.93. The van der Waals surface area contributed by atoms with Crippen LogP contribution in [-0.4, -0.2) is 11.5 Å². The lowest BCUT2D eigenvalue weighted by atomic mass is 10.2. The van der Waals surface area contributed by atoms with E-state index in [1.165, 1.54) is 11.3 Å². The average molecular weight is 211 g/mol. The molecule has 0 spiro atoms. The number of fused-ring (bicyclic) bond motifs is 1. The van der Waals surface area contributed by atoms with E-state index >= 15 is 0 Å². The van der Waals surface area contributed by atoms with Crippen LogP contribution in [0, 0.1) is 0 Å². The third kappa shape index (κ3) is 1.41. The van der Waals surface area contributed by atoms with Crippen molar-refractivity contribution in [3.63, 3.8) is 0 Å². The van der Waals surface area contributed by atoms with E-state index in [2.05, 4.69) is 34.1 Å². The molecule has 0 amide bonds. The van der Waals surface area contributed by atoms with Crippen LogP contribution in [0.1, 0.15) is 5.56 Å². The van der Waals surface area contributed by atoms with Crippen molar-refractivity contribution in [2.45, 2.75) is 6.42 Å². The molecule has 0 aliphatic carbocycles. The van der Waals surface area contributed by atoms with Gasteiger partial charge in [-0.05, 0) is 30.2 Å². The van der Waals surface area contributed by atoms with Gasteiger partial charge in [0.25, 0.3) is 0 Å². The molecule has 2 N–H and O–H groups in total. The molecule has 3 heteroatoms. The second kappa shape index (κ2) is 3.52. The molecule has 3 rings (SSSR count). The van der Waals surface area contributed by atoms with Gasteiger partial charge in [0.05, 0.1) is 11.9 Å². The predicted octanol–water partition coefficient (Wildman–Crippen LogP) is 2.36. The number of anilines is 3. The van der Waals surface area contributed by atoms with Crippen molar-refractivity contribution < 1.29 is 0 Å². The van der Waals surface area contributed by atoms with Gasteiger partial charge >= 0.3 is 0 Å². The number of benzene rings is 1. The van der Waals surface area contributed by atoms with E-state index in [9.17, 15) is 0 Å². The van der Waals surface area contributed by atoms with E-state index in [4.69, 9.17) is 5.73 Å². The Balaban J connectivity index is 2.01. The van der Waals surface area contributed by atoms with E-state index < -0.39 is 0 Å². The topological polar surface area (TPSA) is 42.1 Å². The molecule has 1 aliphatic rings. The summed E-state index contributed by atoms with van der Waals surface area (Å²) in [4.78, 5) is 6.59. The summed E-state index contributed by atoms with van der Waals surface area (Å²) in [5, 5.41) is 0. The van der Waals surface area contributed by atoms with Crippen LogP contribution in [-0.2, 0) is 6.42 Å². The van der Waals surface area contributed by atoms with Crippen molar-refractivity contribution in [1.29, 1.82) is 0 Å². The molecule has 0 unspecified atom stereocenters. The molecule has 3 nitrogen and oxygen atoms in total. The number of hydrogen-bond acceptors (Lipinski definition) is 3. The Morgan fingerprint density at radius 3 is 2.81 bits per heavy atom. The molecule has 16 heavy (non-hydrogen) atoms. The number of nitrogens with two attached hydrogens (primary N) is 1. The van der Waals surface area contributed by atoms with Gasteiger partial charge in [-0.15, -0.1) is 0 Å². The van der Waals surface area contributed by atoms with Crippen LogP contribution in [0.4, 0.5) is 17.2 Å². The summed E-state index contributed by atoms with van der Waals surface area (Å²) in [6.45, 7) is 0.996. The molecule has 2 heterocycles. The molecule has 1 aliphatic heterocycles. The number of nitrogens with zero attached hydrogens (tertiary/aromatic N) is 2. The van der Waals surface area contributed by atoms with Crippen molar-refractivity contribution in [3.8, 4) is 0 Å². The first kappa shape index (κ1) is 9.21. The second-order valence-corrected chi connectivity index (χ2v) is 3.98. The summed E-state index contributed by atoms with van der Waals surface area (Å²) in [6, 6.07) is 12.3. The summed E-state index contributed by atoms with van der Waals surface area (Å²) in [5.41, 5.74) is 9.00. The van der Waals surface area contributed by atoms with Gasteiger partial charge in [-0.25, -0.2) is 4.98 Å². The quantitative estimate of drug-likeness (QED) is 0.787. The highest BCUT2D eigenvalue weighted by Crippen LogP contribution is 2.32. The van der Waals surface area contributed by atoms with Gasteiger partial charge in [0, 0.05) is 12.2 Å². The standard InChI is InChI=1S/C13H13N3/c14-11-5-6-13(15-9-11)16-8-7-10-3-1-2-4-12(10)16/h1-6,9H,7-8,14H2. The van der Waals surface area contributed by atoms with E-state index in [-0.39, 0.29) is 0 Å². The van der Waals surface area contributed by atoms with Gasteiger partial charge in [-0.1, -0.05) is 18.2 Å². The van der Waals surface area contributed by atoms with Crippen molar-refractivity contribution >= 4 is 17.2 Å². The zero-order valence-corrected chi connectivity index (χ0v) is 8.93. The number of aromatic nitrogens is 1. The number of hydrogen-bond donors (Lipinski definition) is 1. The number of para-hydroxylation sites is 1. The molecule has 0 bridgehead atoms. The molecule has 1 aromatic carbocycles. The fraction of sp³-hybridized carbons (Fsp3) is 0.154. The molecule has 1 aromatic heterocycles. The predicted molar refractivity (Wildman–Crippen MR) is 65.8 cm³/mol. The summed E-state index contributed by atoms with van der Waals surface area (Å²) in [6.07, 6.45) is 2.79. The summed E-state index contributed by atoms with van der Waals surface area (Å²) >= 11 is 0. The third-order valence-electron chi connectivity index (χ3n) is 2.93. The fourth-order valence-corrected chi connectivity index (χ4v) is 2.13. The maximum Gasteiger partial charge on any atom is 0.133 e.